The van der Waals surface area contributed by atoms with Crippen LogP contribution in [-0.2, 0) is 9.47 Å². The first kappa shape index (κ1) is 20.1. The molecule has 1 rings (SSSR count). The summed E-state index contributed by atoms with van der Waals surface area (Å²) >= 11 is 0. The van der Waals surface area contributed by atoms with Crippen molar-refractivity contribution in [1.29, 1.82) is 0 Å². The van der Waals surface area contributed by atoms with Gasteiger partial charge in [-0.15, -0.1) is 0 Å². The van der Waals surface area contributed by atoms with Crippen molar-refractivity contribution in [3.63, 3.8) is 0 Å². The topological polar surface area (TPSA) is 154 Å². The van der Waals surface area contributed by atoms with Gasteiger partial charge >= 0.3 is 68.6 Å². The fourth-order valence-electron chi connectivity index (χ4n) is 1.71. The Morgan fingerprint density at radius 1 is 1.10 bits per heavy atom. The molecule has 1 aliphatic rings. The van der Waals surface area contributed by atoms with Gasteiger partial charge in [0.25, 0.3) is 0 Å². The van der Waals surface area contributed by atoms with Crippen LogP contribution in [0.4, 0.5) is 0 Å². The molecule has 0 aromatic rings. The van der Waals surface area contributed by atoms with E-state index in [-0.39, 0.29) is 58.0 Å². The SMILES string of the molecule is CCOC1(OC)C([N+](=O)[O-])=CC(=[N+]([O-])[O-])C=C1[N+](=O)[O-].[K+]. The molecule has 0 heterocycles. The summed E-state index contributed by atoms with van der Waals surface area (Å²) in [5.41, 5.74) is -2.65. The van der Waals surface area contributed by atoms with E-state index in [2.05, 4.69) is 0 Å². The Kier molecular flexibility index (Phi) is 7.59. The number of nitro groups is 2. The molecule has 0 aliphatic heterocycles. The van der Waals surface area contributed by atoms with Crippen molar-refractivity contribution in [2.45, 2.75) is 12.7 Å². The molecule has 0 aromatic heterocycles. The Balaban J connectivity index is 0.00000400. The second-order valence-electron chi connectivity index (χ2n) is 3.51. The van der Waals surface area contributed by atoms with Crippen LogP contribution in [0, 0.1) is 30.6 Å². The van der Waals surface area contributed by atoms with Gasteiger partial charge in [-0.2, -0.15) is 4.90 Å². The molecule has 110 valence electrons. The Morgan fingerprint density at radius 2 is 1.52 bits per heavy atom. The van der Waals surface area contributed by atoms with E-state index < -0.39 is 37.6 Å². The fourth-order valence-corrected chi connectivity index (χ4v) is 1.71. The number of hydrogen-bond acceptors (Lipinski definition) is 8. The second kappa shape index (κ2) is 7.93. The van der Waals surface area contributed by atoms with Crippen LogP contribution in [0.5, 0.6) is 0 Å². The van der Waals surface area contributed by atoms with Crippen LogP contribution in [0.25, 0.3) is 0 Å². The molecular weight excluding hydrogens is 317 g/mol. The molecule has 0 saturated carbocycles. The standard InChI is InChI=1S/C9H10N3O8.K/c1-3-20-9(19-2)7(11(15)16)4-6(10(13)14)5-8(9)12(17)18;/h4-5H,3H2,1-2H3;/q-1;+1. The van der Waals surface area contributed by atoms with Crippen LogP contribution in [0.3, 0.4) is 0 Å². The minimum atomic E-state index is -2.39. The molecule has 1 aliphatic carbocycles. The molecule has 12 heteroatoms. The van der Waals surface area contributed by atoms with Crippen molar-refractivity contribution in [3.05, 3.63) is 54.2 Å². The number of hydrogen-bond donors (Lipinski definition) is 0. The zero-order valence-corrected chi connectivity index (χ0v) is 14.6. The predicted octanol–water partition coefficient (Wildman–Crippen LogP) is -2.85. The molecule has 0 N–H and O–H groups in total. The van der Waals surface area contributed by atoms with Gasteiger partial charge in [-0.3, -0.25) is 20.2 Å². The van der Waals surface area contributed by atoms with Crippen molar-refractivity contribution >= 4 is 5.71 Å². The smallest absolute Gasteiger partial charge is 0.612 e. The van der Waals surface area contributed by atoms with Gasteiger partial charge in [0.05, 0.1) is 22.0 Å². The summed E-state index contributed by atoms with van der Waals surface area (Å²) in [6.45, 7) is 1.31. The number of ether oxygens (including phenoxy) is 2. The van der Waals surface area contributed by atoms with Crippen molar-refractivity contribution in [3.8, 4) is 0 Å². The molecule has 0 atom stereocenters. The summed E-state index contributed by atoms with van der Waals surface area (Å²) in [5.74, 6) is -2.39. The van der Waals surface area contributed by atoms with Crippen molar-refractivity contribution in [2.75, 3.05) is 13.7 Å². The van der Waals surface area contributed by atoms with Gasteiger partial charge in [0.2, 0.25) is 5.71 Å². The molecule has 0 aromatic carbocycles. The Hall–Kier alpha value is -0.894. The van der Waals surface area contributed by atoms with E-state index in [1.165, 1.54) is 6.92 Å². The summed E-state index contributed by atoms with van der Waals surface area (Å²) < 4.78 is 9.83. The average molecular weight is 327 g/mol. The van der Waals surface area contributed by atoms with E-state index in [1.807, 2.05) is 0 Å². The number of allylic oxidation sites excluding steroid dienone is 2. The minimum Gasteiger partial charge on any atom is -0.612 e. The monoisotopic (exact) mass is 327 g/mol. The van der Waals surface area contributed by atoms with Gasteiger partial charge in [-0.1, -0.05) is 0 Å². The fraction of sp³-hybridized carbons (Fsp3) is 0.444. The molecule has 0 unspecified atom stereocenters. The zero-order chi connectivity index (χ0) is 15.5. The average Bonchev–Trinajstić information content (AvgIpc) is 2.37. The van der Waals surface area contributed by atoms with Crippen LogP contribution in [0.2, 0.25) is 0 Å². The number of nitrogens with zero attached hydrogens (tertiary/aromatic N) is 3. The van der Waals surface area contributed by atoms with Crippen molar-refractivity contribution in [2.24, 2.45) is 0 Å². The van der Waals surface area contributed by atoms with E-state index >= 15 is 0 Å². The molecule has 11 nitrogen and oxygen atoms in total. The van der Waals surface area contributed by atoms with Crippen LogP contribution in [-0.4, -0.2) is 40.0 Å². The first-order chi connectivity index (χ1) is 9.30. The minimum absolute atomic E-state index is 0. The summed E-state index contributed by atoms with van der Waals surface area (Å²) in [5, 5.41) is 43.5. The van der Waals surface area contributed by atoms with Gasteiger partial charge < -0.3 is 19.9 Å². The first-order valence-corrected chi connectivity index (χ1v) is 5.23. The summed E-state index contributed by atoms with van der Waals surface area (Å²) in [6, 6.07) is 0. The van der Waals surface area contributed by atoms with Crippen LogP contribution < -0.4 is 51.4 Å². The molecule has 0 spiro atoms. The van der Waals surface area contributed by atoms with E-state index in [1.54, 1.807) is 0 Å². The summed E-state index contributed by atoms with van der Waals surface area (Å²) in [4.78, 5) is 19.1. The molecular formula is C9H10KN3O8. The predicted molar refractivity (Wildman–Crippen MR) is 63.5 cm³/mol. The van der Waals surface area contributed by atoms with Gasteiger partial charge in [-0.05, 0) is 6.92 Å². The zero-order valence-electron chi connectivity index (χ0n) is 11.5. The number of methoxy groups -OCH3 is 1. The van der Waals surface area contributed by atoms with Gasteiger partial charge in [0.15, 0.2) is 0 Å². The van der Waals surface area contributed by atoms with E-state index in [0.29, 0.717) is 12.2 Å². The third-order valence-corrected chi connectivity index (χ3v) is 2.48. The summed E-state index contributed by atoms with van der Waals surface area (Å²) in [7, 11) is 0.974. The molecule has 0 bridgehead atoms. The molecule has 0 fully saturated rings. The van der Waals surface area contributed by atoms with E-state index in [0.717, 1.165) is 7.11 Å². The Labute approximate surface area is 160 Å². The maximum absolute atomic E-state index is 11.0. The molecule has 0 saturated heterocycles. The maximum atomic E-state index is 11.0. The van der Waals surface area contributed by atoms with Crippen LogP contribution >= 0.6 is 0 Å². The van der Waals surface area contributed by atoms with Gasteiger partial charge in [-0.25, -0.2) is 0 Å². The van der Waals surface area contributed by atoms with E-state index in [4.69, 9.17) is 9.47 Å². The van der Waals surface area contributed by atoms with Crippen LogP contribution in [0.1, 0.15) is 6.92 Å². The van der Waals surface area contributed by atoms with Gasteiger partial charge in [0.1, 0.15) is 0 Å². The maximum Gasteiger partial charge on any atom is 1.00 e. The molecule has 0 amide bonds. The van der Waals surface area contributed by atoms with Crippen molar-refractivity contribution in [1.82, 2.24) is 0 Å². The molecule has 21 heavy (non-hydrogen) atoms. The second-order valence-corrected chi connectivity index (χ2v) is 3.51. The van der Waals surface area contributed by atoms with E-state index in [9.17, 15) is 30.6 Å². The molecule has 0 radical (unpaired) electrons. The van der Waals surface area contributed by atoms with Crippen LogP contribution in [0.15, 0.2) is 23.5 Å². The third-order valence-electron chi connectivity index (χ3n) is 2.48. The Bertz CT molecular complexity index is 503. The quantitative estimate of drug-likeness (QED) is 0.172. The number of rotatable bonds is 5. The third kappa shape index (κ3) is 3.85. The largest absolute Gasteiger partial charge is 1.00 e. The van der Waals surface area contributed by atoms with Crippen molar-refractivity contribution < 1.29 is 75.6 Å². The normalized spacial score (nSPS) is 21.0. The Morgan fingerprint density at radius 3 is 1.76 bits per heavy atom. The first-order valence-electron chi connectivity index (χ1n) is 5.23. The van der Waals surface area contributed by atoms with Gasteiger partial charge in [0, 0.05) is 13.7 Å². The summed E-state index contributed by atoms with van der Waals surface area (Å²) in [6.07, 6.45) is 1.15.